The highest BCUT2D eigenvalue weighted by Crippen LogP contribution is 2.28. The van der Waals surface area contributed by atoms with Crippen molar-refractivity contribution in [3.8, 4) is 16.4 Å². The molecule has 7 heteroatoms. The van der Waals surface area contributed by atoms with Gasteiger partial charge >= 0.3 is 0 Å². The zero-order valence-electron chi connectivity index (χ0n) is 16.7. The Balaban J connectivity index is 1.52. The first kappa shape index (κ1) is 19.7. The molecule has 31 heavy (non-hydrogen) atoms. The molecule has 0 spiro atoms. The van der Waals surface area contributed by atoms with Gasteiger partial charge in [0.2, 0.25) is 0 Å². The predicted octanol–water partition coefficient (Wildman–Crippen LogP) is 5.50. The number of fused-ring (bicyclic) bond motifs is 1. The Morgan fingerprint density at radius 1 is 0.968 bits per heavy atom. The molecule has 0 fully saturated rings. The standard InChI is InChI=1S/C24H18N4OS2/c1-16-9-11-18(12-10-16)28-23(29)19-6-2-3-7-20(19)27-24(28)31-15-17-14-30-22(26-17)21-8-4-5-13-25-21/h2-14H,15H2,1H3. The number of hydrogen-bond acceptors (Lipinski definition) is 6. The van der Waals surface area contributed by atoms with Crippen molar-refractivity contribution in [2.24, 2.45) is 0 Å². The first-order valence-electron chi connectivity index (χ1n) is 9.76. The summed E-state index contributed by atoms with van der Waals surface area (Å²) in [5.41, 5.74) is 4.39. The van der Waals surface area contributed by atoms with Crippen LogP contribution >= 0.6 is 23.1 Å². The van der Waals surface area contributed by atoms with Gasteiger partial charge in [0, 0.05) is 17.3 Å². The van der Waals surface area contributed by atoms with E-state index in [0.29, 0.717) is 21.8 Å². The third kappa shape index (κ3) is 4.02. The molecule has 0 saturated carbocycles. The first-order chi connectivity index (χ1) is 15.2. The predicted molar refractivity (Wildman–Crippen MR) is 127 cm³/mol. The van der Waals surface area contributed by atoms with Crippen LogP contribution in [0.15, 0.2) is 88.3 Å². The van der Waals surface area contributed by atoms with Gasteiger partial charge < -0.3 is 0 Å². The van der Waals surface area contributed by atoms with E-state index in [1.165, 1.54) is 11.8 Å². The van der Waals surface area contributed by atoms with E-state index in [-0.39, 0.29) is 5.56 Å². The van der Waals surface area contributed by atoms with Crippen LogP contribution in [-0.4, -0.2) is 19.5 Å². The van der Waals surface area contributed by atoms with Gasteiger partial charge in [0.1, 0.15) is 5.01 Å². The van der Waals surface area contributed by atoms with Crippen molar-refractivity contribution in [3.05, 3.63) is 99.9 Å². The molecule has 5 nitrogen and oxygen atoms in total. The lowest BCUT2D eigenvalue weighted by Gasteiger charge is -2.13. The Labute approximate surface area is 187 Å². The zero-order chi connectivity index (χ0) is 21.2. The van der Waals surface area contributed by atoms with E-state index >= 15 is 0 Å². The number of aryl methyl sites for hydroxylation is 1. The second kappa shape index (κ2) is 8.45. The van der Waals surface area contributed by atoms with Crippen LogP contribution in [0.1, 0.15) is 11.3 Å². The Bertz CT molecular complexity index is 1410. The van der Waals surface area contributed by atoms with E-state index in [1.54, 1.807) is 22.1 Å². The molecule has 152 valence electrons. The van der Waals surface area contributed by atoms with Crippen molar-refractivity contribution in [1.29, 1.82) is 0 Å². The normalized spacial score (nSPS) is 11.1. The molecule has 5 aromatic rings. The maximum Gasteiger partial charge on any atom is 0.266 e. The molecule has 0 aliphatic heterocycles. The van der Waals surface area contributed by atoms with Gasteiger partial charge in [-0.25, -0.2) is 9.97 Å². The molecule has 3 heterocycles. The van der Waals surface area contributed by atoms with E-state index in [1.807, 2.05) is 79.0 Å². The molecule has 0 N–H and O–H groups in total. The third-order valence-electron chi connectivity index (χ3n) is 4.82. The molecule has 0 aliphatic carbocycles. The SMILES string of the molecule is Cc1ccc(-n2c(SCc3csc(-c4ccccn4)n3)nc3ccccc3c2=O)cc1. The topological polar surface area (TPSA) is 60.7 Å². The van der Waals surface area contributed by atoms with Crippen LogP contribution in [0.25, 0.3) is 27.3 Å². The lowest BCUT2D eigenvalue weighted by atomic mass is 10.2. The summed E-state index contributed by atoms with van der Waals surface area (Å²) in [4.78, 5) is 27.2. The van der Waals surface area contributed by atoms with Crippen LogP contribution in [0.3, 0.4) is 0 Å². The average Bonchev–Trinajstić information content (AvgIpc) is 3.28. The molecule has 5 rings (SSSR count). The highest BCUT2D eigenvalue weighted by molar-refractivity contribution is 7.98. The summed E-state index contributed by atoms with van der Waals surface area (Å²) >= 11 is 3.08. The van der Waals surface area contributed by atoms with Crippen LogP contribution in [-0.2, 0) is 5.75 Å². The second-order valence-electron chi connectivity index (χ2n) is 7.04. The molecule has 3 aromatic heterocycles. The maximum absolute atomic E-state index is 13.3. The molecule has 0 radical (unpaired) electrons. The maximum atomic E-state index is 13.3. The summed E-state index contributed by atoms with van der Waals surface area (Å²) in [6.45, 7) is 2.03. The third-order valence-corrected chi connectivity index (χ3v) is 6.71. The van der Waals surface area contributed by atoms with Gasteiger partial charge in [-0.1, -0.05) is 47.7 Å². The van der Waals surface area contributed by atoms with E-state index in [9.17, 15) is 4.79 Å². The fourth-order valence-corrected chi connectivity index (χ4v) is 5.06. The highest BCUT2D eigenvalue weighted by Gasteiger charge is 2.14. The fraction of sp³-hybridized carbons (Fsp3) is 0.0833. The molecule has 0 saturated heterocycles. The summed E-state index contributed by atoms with van der Waals surface area (Å²) < 4.78 is 1.69. The van der Waals surface area contributed by atoms with Gasteiger partial charge in [0.25, 0.3) is 5.56 Å². The number of rotatable bonds is 5. The number of benzene rings is 2. The number of para-hydroxylation sites is 1. The minimum Gasteiger partial charge on any atom is -0.268 e. The van der Waals surface area contributed by atoms with Crippen molar-refractivity contribution in [3.63, 3.8) is 0 Å². The number of nitrogens with zero attached hydrogens (tertiary/aromatic N) is 4. The molecule has 0 unspecified atom stereocenters. The summed E-state index contributed by atoms with van der Waals surface area (Å²) in [7, 11) is 0. The van der Waals surface area contributed by atoms with Crippen LogP contribution in [0.5, 0.6) is 0 Å². The molecule has 0 aliphatic rings. The van der Waals surface area contributed by atoms with Gasteiger partial charge in [-0.3, -0.25) is 14.3 Å². The average molecular weight is 443 g/mol. The molecule has 0 amide bonds. The van der Waals surface area contributed by atoms with E-state index < -0.39 is 0 Å². The van der Waals surface area contributed by atoms with Gasteiger partial charge in [0.15, 0.2) is 5.16 Å². The fourth-order valence-electron chi connectivity index (χ4n) is 3.25. The monoisotopic (exact) mass is 442 g/mol. The largest absolute Gasteiger partial charge is 0.268 e. The van der Waals surface area contributed by atoms with Crippen molar-refractivity contribution >= 4 is 34.0 Å². The van der Waals surface area contributed by atoms with E-state index in [4.69, 9.17) is 9.97 Å². The van der Waals surface area contributed by atoms with Gasteiger partial charge in [0.05, 0.1) is 28.0 Å². The Morgan fingerprint density at radius 3 is 2.58 bits per heavy atom. The number of thiazole rings is 1. The smallest absolute Gasteiger partial charge is 0.266 e. The summed E-state index contributed by atoms with van der Waals surface area (Å²) in [6.07, 6.45) is 1.77. The summed E-state index contributed by atoms with van der Waals surface area (Å²) in [5.74, 6) is 0.611. The van der Waals surface area contributed by atoms with E-state index in [2.05, 4.69) is 4.98 Å². The molecule has 2 aromatic carbocycles. The molecular formula is C24H18N4OS2. The van der Waals surface area contributed by atoms with Crippen molar-refractivity contribution in [1.82, 2.24) is 19.5 Å². The van der Waals surface area contributed by atoms with Crippen molar-refractivity contribution < 1.29 is 0 Å². The Hall–Kier alpha value is -3.29. The van der Waals surface area contributed by atoms with Gasteiger partial charge in [-0.15, -0.1) is 11.3 Å². The van der Waals surface area contributed by atoms with Crippen LogP contribution in [0.2, 0.25) is 0 Å². The lowest BCUT2D eigenvalue weighted by molar-refractivity contribution is 0.819. The van der Waals surface area contributed by atoms with Crippen LogP contribution < -0.4 is 5.56 Å². The van der Waals surface area contributed by atoms with Crippen molar-refractivity contribution in [2.75, 3.05) is 0 Å². The molecule has 0 bridgehead atoms. The van der Waals surface area contributed by atoms with Gasteiger partial charge in [-0.05, 0) is 43.3 Å². The summed E-state index contributed by atoms with van der Waals surface area (Å²) in [6, 6.07) is 21.2. The van der Waals surface area contributed by atoms with Crippen LogP contribution in [0, 0.1) is 6.92 Å². The minimum atomic E-state index is -0.0654. The first-order valence-corrected chi connectivity index (χ1v) is 11.6. The molecular weight excluding hydrogens is 424 g/mol. The molecule has 0 atom stereocenters. The number of thioether (sulfide) groups is 1. The Kier molecular flexibility index (Phi) is 5.36. The van der Waals surface area contributed by atoms with E-state index in [0.717, 1.165) is 27.6 Å². The zero-order valence-corrected chi connectivity index (χ0v) is 18.4. The van der Waals surface area contributed by atoms with Crippen molar-refractivity contribution in [2.45, 2.75) is 17.8 Å². The lowest BCUT2D eigenvalue weighted by Crippen LogP contribution is -2.21. The summed E-state index contributed by atoms with van der Waals surface area (Å²) in [5, 5.41) is 4.18. The number of hydrogen-bond donors (Lipinski definition) is 0. The number of pyridine rings is 1. The quantitative estimate of drug-likeness (QED) is 0.265. The second-order valence-corrected chi connectivity index (χ2v) is 8.84. The van der Waals surface area contributed by atoms with Gasteiger partial charge in [-0.2, -0.15) is 0 Å². The van der Waals surface area contributed by atoms with Crippen LogP contribution in [0.4, 0.5) is 0 Å². The minimum absolute atomic E-state index is 0.0654. The number of aromatic nitrogens is 4. The Morgan fingerprint density at radius 2 is 1.77 bits per heavy atom. The highest BCUT2D eigenvalue weighted by atomic mass is 32.2.